The molecule has 3 heterocycles. The first kappa shape index (κ1) is 17.8. The van der Waals surface area contributed by atoms with Crippen LogP contribution in [0.15, 0.2) is 54.2 Å². The zero-order chi connectivity index (χ0) is 19.7. The van der Waals surface area contributed by atoms with Crippen LogP contribution in [0.1, 0.15) is 21.7 Å². The van der Waals surface area contributed by atoms with Crippen molar-refractivity contribution in [3.8, 4) is 11.3 Å². The standard InChI is InChI=1S/C19H14N4O4S/c24-11-13-4-3-12(10-16(13)23(26)27)18-15(22-8-9-28-19(22)21-18)5-6-17(25)14-2-1-7-20-14/h1-10,20,24H,11H2/b6-5+. The number of aromatic amines is 1. The van der Waals surface area contributed by atoms with Crippen molar-refractivity contribution in [3.63, 3.8) is 0 Å². The Morgan fingerprint density at radius 1 is 1.39 bits per heavy atom. The minimum absolute atomic E-state index is 0.172. The lowest BCUT2D eigenvalue weighted by Crippen LogP contribution is -1.97. The van der Waals surface area contributed by atoms with Gasteiger partial charge < -0.3 is 10.1 Å². The van der Waals surface area contributed by atoms with E-state index in [1.54, 1.807) is 30.5 Å². The van der Waals surface area contributed by atoms with Gasteiger partial charge in [0.05, 0.1) is 34.2 Å². The fourth-order valence-electron chi connectivity index (χ4n) is 2.92. The number of nitrogens with one attached hydrogen (secondary N) is 1. The van der Waals surface area contributed by atoms with Crippen molar-refractivity contribution >= 4 is 33.8 Å². The van der Waals surface area contributed by atoms with Crippen molar-refractivity contribution in [2.24, 2.45) is 0 Å². The second kappa shape index (κ2) is 7.22. The van der Waals surface area contributed by atoms with Crippen molar-refractivity contribution < 1.29 is 14.8 Å². The lowest BCUT2D eigenvalue weighted by atomic mass is 10.1. The molecule has 28 heavy (non-hydrogen) atoms. The van der Waals surface area contributed by atoms with E-state index in [2.05, 4.69) is 9.97 Å². The number of carbonyl (C=O) groups is 1. The van der Waals surface area contributed by atoms with Gasteiger partial charge in [0.1, 0.15) is 0 Å². The highest BCUT2D eigenvalue weighted by Crippen LogP contribution is 2.31. The van der Waals surface area contributed by atoms with E-state index in [-0.39, 0.29) is 17.0 Å². The average molecular weight is 394 g/mol. The minimum Gasteiger partial charge on any atom is -0.391 e. The number of nitro groups is 1. The summed E-state index contributed by atoms with van der Waals surface area (Å²) in [7, 11) is 0. The molecule has 0 saturated heterocycles. The average Bonchev–Trinajstić information content (AvgIpc) is 3.43. The van der Waals surface area contributed by atoms with Crippen molar-refractivity contribution in [2.75, 3.05) is 0 Å². The molecule has 0 radical (unpaired) electrons. The second-order valence-electron chi connectivity index (χ2n) is 5.94. The quantitative estimate of drug-likeness (QED) is 0.224. The molecule has 140 valence electrons. The largest absolute Gasteiger partial charge is 0.391 e. The first-order valence-corrected chi connectivity index (χ1v) is 9.16. The van der Waals surface area contributed by atoms with Crippen LogP contribution in [0.25, 0.3) is 22.3 Å². The number of carbonyl (C=O) groups excluding carboxylic acids is 1. The molecular weight excluding hydrogens is 380 g/mol. The summed E-state index contributed by atoms with van der Waals surface area (Å²) in [6.45, 7) is -0.424. The molecule has 4 aromatic rings. The molecule has 0 fully saturated rings. The molecule has 2 N–H and O–H groups in total. The van der Waals surface area contributed by atoms with Crippen LogP contribution < -0.4 is 0 Å². The van der Waals surface area contributed by atoms with Crippen LogP contribution in [0.2, 0.25) is 0 Å². The number of H-pyrrole nitrogens is 1. The van der Waals surface area contributed by atoms with Crippen molar-refractivity contribution in [3.05, 3.63) is 81.2 Å². The van der Waals surface area contributed by atoms with Gasteiger partial charge in [0.25, 0.3) is 5.69 Å². The Labute approximate surface area is 162 Å². The van der Waals surface area contributed by atoms with E-state index in [1.807, 2.05) is 16.0 Å². The SMILES string of the molecule is O=C(/C=C/c1c(-c2ccc(CO)c([N+](=O)[O-])c2)nc2sccn12)c1ccc[nH]1. The Morgan fingerprint density at radius 2 is 2.25 bits per heavy atom. The summed E-state index contributed by atoms with van der Waals surface area (Å²) in [6.07, 6.45) is 6.58. The Balaban J connectivity index is 1.81. The molecule has 0 aliphatic carbocycles. The third-order valence-corrected chi connectivity index (χ3v) is 5.04. The summed E-state index contributed by atoms with van der Waals surface area (Å²) in [5, 5.41) is 22.5. The van der Waals surface area contributed by atoms with Gasteiger partial charge in [-0.1, -0.05) is 6.07 Å². The van der Waals surface area contributed by atoms with Gasteiger partial charge in [-0.25, -0.2) is 4.98 Å². The number of aromatic nitrogens is 3. The lowest BCUT2D eigenvalue weighted by Gasteiger charge is -2.04. The Kier molecular flexibility index (Phi) is 4.60. The molecule has 0 unspecified atom stereocenters. The van der Waals surface area contributed by atoms with Crippen molar-refractivity contribution in [2.45, 2.75) is 6.61 Å². The van der Waals surface area contributed by atoms with E-state index in [0.717, 1.165) is 0 Å². The maximum Gasteiger partial charge on any atom is 0.275 e. The van der Waals surface area contributed by atoms with Crippen LogP contribution in [-0.4, -0.2) is 30.2 Å². The third-order valence-electron chi connectivity index (χ3n) is 4.28. The molecule has 0 saturated carbocycles. The molecule has 1 aromatic carbocycles. The molecule has 3 aromatic heterocycles. The monoisotopic (exact) mass is 394 g/mol. The van der Waals surface area contributed by atoms with E-state index in [1.165, 1.54) is 29.5 Å². The maximum absolute atomic E-state index is 12.3. The number of aliphatic hydroxyl groups excluding tert-OH is 1. The zero-order valence-corrected chi connectivity index (χ0v) is 15.2. The zero-order valence-electron chi connectivity index (χ0n) is 14.4. The summed E-state index contributed by atoms with van der Waals surface area (Å²) in [5.74, 6) is -0.192. The number of nitro benzene ring substituents is 1. The topological polar surface area (TPSA) is 114 Å². The number of imidazole rings is 1. The van der Waals surface area contributed by atoms with E-state index in [4.69, 9.17) is 0 Å². The molecule has 4 rings (SSSR count). The number of thiazole rings is 1. The van der Waals surface area contributed by atoms with Crippen molar-refractivity contribution in [1.29, 1.82) is 0 Å². The second-order valence-corrected chi connectivity index (χ2v) is 6.81. The van der Waals surface area contributed by atoms with Crippen LogP contribution in [0, 0.1) is 10.1 Å². The lowest BCUT2D eigenvalue weighted by molar-refractivity contribution is -0.385. The minimum atomic E-state index is -0.530. The number of benzene rings is 1. The van der Waals surface area contributed by atoms with Crippen LogP contribution in [0.5, 0.6) is 0 Å². The van der Waals surface area contributed by atoms with E-state index < -0.39 is 11.5 Å². The molecule has 0 aliphatic heterocycles. The number of ketones is 1. The molecule has 0 aliphatic rings. The summed E-state index contributed by atoms with van der Waals surface area (Å²) in [5.41, 5.74) is 2.22. The summed E-state index contributed by atoms with van der Waals surface area (Å²) in [4.78, 5) is 31.2. The van der Waals surface area contributed by atoms with Gasteiger partial charge in [0.15, 0.2) is 4.96 Å². The van der Waals surface area contributed by atoms with Crippen LogP contribution in [0.3, 0.4) is 0 Å². The molecule has 0 bridgehead atoms. The highest BCUT2D eigenvalue weighted by Gasteiger charge is 2.19. The molecule has 9 heteroatoms. The fraction of sp³-hybridized carbons (Fsp3) is 0.0526. The normalized spacial score (nSPS) is 11.5. The predicted octanol–water partition coefficient (Wildman–Crippen LogP) is 3.69. The molecule has 0 atom stereocenters. The number of allylic oxidation sites excluding steroid dienone is 1. The van der Waals surface area contributed by atoms with E-state index >= 15 is 0 Å². The van der Waals surface area contributed by atoms with Crippen LogP contribution in [0.4, 0.5) is 5.69 Å². The molecule has 0 amide bonds. The molecule has 0 spiro atoms. The van der Waals surface area contributed by atoms with Crippen LogP contribution in [-0.2, 0) is 6.61 Å². The number of hydrogen-bond acceptors (Lipinski definition) is 6. The predicted molar refractivity (Wildman–Crippen MR) is 105 cm³/mol. The summed E-state index contributed by atoms with van der Waals surface area (Å²) in [6, 6.07) is 8.00. The van der Waals surface area contributed by atoms with Gasteiger partial charge in [0.2, 0.25) is 5.78 Å². The summed E-state index contributed by atoms with van der Waals surface area (Å²) >= 11 is 1.42. The number of fused-ring (bicyclic) bond motifs is 1. The molecule has 8 nitrogen and oxygen atoms in total. The summed E-state index contributed by atoms with van der Waals surface area (Å²) < 4.78 is 1.82. The van der Waals surface area contributed by atoms with Gasteiger partial charge in [0, 0.05) is 29.4 Å². The Hall–Kier alpha value is -3.56. The number of aliphatic hydroxyl groups is 1. The smallest absolute Gasteiger partial charge is 0.275 e. The highest BCUT2D eigenvalue weighted by molar-refractivity contribution is 7.15. The number of hydrogen-bond donors (Lipinski definition) is 2. The van der Waals surface area contributed by atoms with Gasteiger partial charge >= 0.3 is 0 Å². The molecular formula is C19H14N4O4S. The van der Waals surface area contributed by atoms with Gasteiger partial charge in [-0.3, -0.25) is 19.3 Å². The van der Waals surface area contributed by atoms with Gasteiger partial charge in [-0.15, -0.1) is 11.3 Å². The van der Waals surface area contributed by atoms with Crippen LogP contribution >= 0.6 is 11.3 Å². The van der Waals surface area contributed by atoms with E-state index in [9.17, 15) is 20.0 Å². The number of nitrogens with zero attached hydrogens (tertiary/aromatic N) is 3. The third kappa shape index (κ3) is 3.13. The van der Waals surface area contributed by atoms with Gasteiger partial charge in [-0.2, -0.15) is 0 Å². The Bertz CT molecular complexity index is 1200. The number of rotatable bonds is 6. The van der Waals surface area contributed by atoms with Crippen molar-refractivity contribution in [1.82, 2.24) is 14.4 Å². The van der Waals surface area contributed by atoms with E-state index in [0.29, 0.717) is 27.6 Å². The highest BCUT2D eigenvalue weighted by atomic mass is 32.1. The van der Waals surface area contributed by atoms with Gasteiger partial charge in [-0.05, 0) is 30.4 Å². The first-order chi connectivity index (χ1) is 13.6. The fourth-order valence-corrected chi connectivity index (χ4v) is 3.64. The maximum atomic E-state index is 12.3. The first-order valence-electron chi connectivity index (χ1n) is 8.28. The Morgan fingerprint density at radius 3 is 2.96 bits per heavy atom.